The van der Waals surface area contributed by atoms with Crippen molar-refractivity contribution in [2.75, 3.05) is 0 Å². The number of rotatable bonds is 2. The number of aryl methyl sites for hydroxylation is 1. The van der Waals surface area contributed by atoms with Gasteiger partial charge < -0.3 is 4.42 Å². The highest BCUT2D eigenvalue weighted by atomic mass is 16.3. The molecule has 0 saturated carbocycles. The van der Waals surface area contributed by atoms with E-state index >= 15 is 0 Å². The van der Waals surface area contributed by atoms with Gasteiger partial charge in [0, 0.05) is 16.3 Å². The third kappa shape index (κ3) is 2.09. The third-order valence-electron chi connectivity index (χ3n) is 5.04. The van der Waals surface area contributed by atoms with Gasteiger partial charge in [-0.15, -0.1) is 0 Å². The Hall–Kier alpha value is -3.06. The van der Waals surface area contributed by atoms with Crippen molar-refractivity contribution in [3.63, 3.8) is 0 Å². The van der Waals surface area contributed by atoms with Gasteiger partial charge in [-0.2, -0.15) is 0 Å². The van der Waals surface area contributed by atoms with Crippen LogP contribution in [0.25, 0.3) is 43.8 Å². The molecule has 0 atom stereocenters. The van der Waals surface area contributed by atoms with Crippen LogP contribution < -0.4 is 0 Å². The first-order valence-corrected chi connectivity index (χ1v) is 8.78. The van der Waals surface area contributed by atoms with Crippen molar-refractivity contribution in [3.8, 4) is 11.1 Å². The average molecular weight is 322 g/mol. The fourth-order valence-electron chi connectivity index (χ4n) is 3.82. The van der Waals surface area contributed by atoms with E-state index in [1.807, 2.05) is 0 Å². The van der Waals surface area contributed by atoms with Gasteiger partial charge in [-0.25, -0.2) is 0 Å². The van der Waals surface area contributed by atoms with E-state index < -0.39 is 0 Å². The molecule has 0 bridgehead atoms. The number of para-hydroxylation sites is 1. The number of fused-ring (bicyclic) bond motifs is 5. The van der Waals surface area contributed by atoms with Crippen LogP contribution in [-0.2, 0) is 6.42 Å². The summed E-state index contributed by atoms with van der Waals surface area (Å²) in [5, 5.41) is 4.94. The molecule has 0 fully saturated rings. The standard InChI is InChI=1S/C24H18O/c1-2-16-12-8-14-20-22-19-13-7-6-11-18(19)15-21(24(22)25-23(16)20)17-9-4-3-5-10-17/h3-15H,2H2,1H3. The molecular weight excluding hydrogens is 304 g/mol. The van der Waals surface area contributed by atoms with Crippen molar-refractivity contribution in [2.45, 2.75) is 13.3 Å². The zero-order valence-corrected chi connectivity index (χ0v) is 14.1. The maximum Gasteiger partial charge on any atom is 0.143 e. The Balaban J connectivity index is 2.04. The molecule has 1 nitrogen and oxygen atoms in total. The van der Waals surface area contributed by atoms with Crippen LogP contribution in [0.3, 0.4) is 0 Å². The van der Waals surface area contributed by atoms with Crippen LogP contribution >= 0.6 is 0 Å². The molecule has 5 aromatic rings. The summed E-state index contributed by atoms with van der Waals surface area (Å²) in [6.07, 6.45) is 0.968. The zero-order valence-electron chi connectivity index (χ0n) is 14.1. The lowest BCUT2D eigenvalue weighted by molar-refractivity contribution is 0.664. The summed E-state index contributed by atoms with van der Waals surface area (Å²) < 4.78 is 6.47. The summed E-state index contributed by atoms with van der Waals surface area (Å²) >= 11 is 0. The summed E-state index contributed by atoms with van der Waals surface area (Å²) in [5.41, 5.74) is 5.62. The van der Waals surface area contributed by atoms with Crippen LogP contribution in [0.5, 0.6) is 0 Å². The van der Waals surface area contributed by atoms with E-state index in [0.717, 1.165) is 23.2 Å². The molecule has 4 aromatic carbocycles. The van der Waals surface area contributed by atoms with Crippen LogP contribution in [-0.4, -0.2) is 0 Å². The van der Waals surface area contributed by atoms with E-state index in [1.54, 1.807) is 0 Å². The van der Waals surface area contributed by atoms with Gasteiger partial charge in [0.05, 0.1) is 0 Å². The molecule has 0 aliphatic heterocycles. The fraction of sp³-hybridized carbons (Fsp3) is 0.0833. The van der Waals surface area contributed by atoms with Crippen LogP contribution in [0.15, 0.2) is 83.3 Å². The molecule has 1 heteroatoms. The second-order valence-electron chi connectivity index (χ2n) is 6.46. The number of hydrogen-bond acceptors (Lipinski definition) is 1. The minimum atomic E-state index is 0.968. The summed E-state index contributed by atoms with van der Waals surface area (Å²) in [7, 11) is 0. The quantitative estimate of drug-likeness (QED) is 0.342. The zero-order chi connectivity index (χ0) is 16.8. The molecule has 0 saturated heterocycles. The van der Waals surface area contributed by atoms with E-state index in [0.29, 0.717) is 0 Å². The van der Waals surface area contributed by atoms with E-state index in [9.17, 15) is 0 Å². The highest BCUT2D eigenvalue weighted by Gasteiger charge is 2.17. The normalized spacial score (nSPS) is 11.6. The van der Waals surface area contributed by atoms with Gasteiger partial charge in [0.25, 0.3) is 0 Å². The van der Waals surface area contributed by atoms with Gasteiger partial charge in [-0.05, 0) is 34.4 Å². The van der Waals surface area contributed by atoms with Gasteiger partial charge in [0.15, 0.2) is 0 Å². The Morgan fingerprint density at radius 3 is 2.32 bits per heavy atom. The summed E-state index contributed by atoms with van der Waals surface area (Å²) in [4.78, 5) is 0. The van der Waals surface area contributed by atoms with Crippen molar-refractivity contribution in [1.29, 1.82) is 0 Å². The Labute approximate surface area is 146 Å². The lowest BCUT2D eigenvalue weighted by Crippen LogP contribution is -1.81. The largest absolute Gasteiger partial charge is 0.455 e. The number of benzene rings is 4. The Morgan fingerprint density at radius 2 is 1.48 bits per heavy atom. The topological polar surface area (TPSA) is 13.1 Å². The molecule has 0 amide bonds. The third-order valence-corrected chi connectivity index (χ3v) is 5.04. The lowest BCUT2D eigenvalue weighted by atomic mass is 9.96. The average Bonchev–Trinajstić information content (AvgIpc) is 3.08. The van der Waals surface area contributed by atoms with Crippen LogP contribution in [0.1, 0.15) is 12.5 Å². The first kappa shape index (κ1) is 14.3. The second-order valence-corrected chi connectivity index (χ2v) is 6.46. The fourth-order valence-corrected chi connectivity index (χ4v) is 3.82. The van der Waals surface area contributed by atoms with Crippen LogP contribution in [0.2, 0.25) is 0 Å². The van der Waals surface area contributed by atoms with Crippen LogP contribution in [0, 0.1) is 0 Å². The highest BCUT2D eigenvalue weighted by molar-refractivity contribution is 6.22. The predicted octanol–water partition coefficient (Wildman–Crippen LogP) is 6.97. The molecular formula is C24H18O. The summed E-state index contributed by atoms with van der Waals surface area (Å²) in [6.45, 7) is 2.18. The van der Waals surface area contributed by atoms with Crippen molar-refractivity contribution >= 4 is 32.7 Å². The van der Waals surface area contributed by atoms with Crippen molar-refractivity contribution < 1.29 is 4.42 Å². The summed E-state index contributed by atoms with van der Waals surface area (Å²) in [6, 6.07) is 27.8. The molecule has 0 aliphatic rings. The van der Waals surface area contributed by atoms with E-state index in [4.69, 9.17) is 4.42 Å². The molecule has 1 heterocycles. The number of hydrogen-bond donors (Lipinski definition) is 0. The Bertz CT molecular complexity index is 1210. The molecule has 0 radical (unpaired) electrons. The predicted molar refractivity (Wildman–Crippen MR) is 106 cm³/mol. The SMILES string of the molecule is CCc1cccc2c1oc1c(-c3ccccc3)cc3ccccc3c12. The first-order valence-electron chi connectivity index (χ1n) is 8.78. The molecule has 120 valence electrons. The molecule has 0 N–H and O–H groups in total. The monoisotopic (exact) mass is 322 g/mol. The van der Waals surface area contributed by atoms with Gasteiger partial charge in [0.1, 0.15) is 11.2 Å². The van der Waals surface area contributed by atoms with E-state index in [-0.39, 0.29) is 0 Å². The van der Waals surface area contributed by atoms with E-state index in [1.165, 1.54) is 32.7 Å². The van der Waals surface area contributed by atoms with Crippen molar-refractivity contribution in [3.05, 3.63) is 84.4 Å². The second kappa shape index (κ2) is 5.49. The minimum Gasteiger partial charge on any atom is -0.455 e. The molecule has 0 spiro atoms. The molecule has 5 rings (SSSR count). The first-order chi connectivity index (χ1) is 12.4. The van der Waals surface area contributed by atoms with Gasteiger partial charge in [-0.1, -0.05) is 79.7 Å². The van der Waals surface area contributed by atoms with E-state index in [2.05, 4.69) is 85.8 Å². The van der Waals surface area contributed by atoms with Gasteiger partial charge >= 0.3 is 0 Å². The lowest BCUT2D eigenvalue weighted by Gasteiger charge is -2.06. The smallest absolute Gasteiger partial charge is 0.143 e. The van der Waals surface area contributed by atoms with Gasteiger partial charge in [-0.3, -0.25) is 0 Å². The maximum atomic E-state index is 6.47. The molecule has 0 unspecified atom stereocenters. The summed E-state index contributed by atoms with van der Waals surface area (Å²) in [5.74, 6) is 0. The van der Waals surface area contributed by atoms with Crippen molar-refractivity contribution in [2.24, 2.45) is 0 Å². The molecule has 0 aliphatic carbocycles. The van der Waals surface area contributed by atoms with Crippen molar-refractivity contribution in [1.82, 2.24) is 0 Å². The highest BCUT2D eigenvalue weighted by Crippen LogP contribution is 2.41. The maximum absolute atomic E-state index is 6.47. The van der Waals surface area contributed by atoms with Crippen LogP contribution in [0.4, 0.5) is 0 Å². The Morgan fingerprint density at radius 1 is 0.720 bits per heavy atom. The number of furan rings is 1. The van der Waals surface area contributed by atoms with Gasteiger partial charge in [0.2, 0.25) is 0 Å². The molecule has 1 aromatic heterocycles. The minimum absolute atomic E-state index is 0.968. The molecule has 25 heavy (non-hydrogen) atoms. The Kier molecular flexibility index (Phi) is 3.14.